The van der Waals surface area contributed by atoms with E-state index in [4.69, 9.17) is 0 Å². The topological polar surface area (TPSA) is 20.3 Å². The number of likely N-dealkylation sites (N-methyl/N-ethyl adjacent to an activating group) is 1. The highest BCUT2D eigenvalue weighted by Crippen LogP contribution is 2.14. The van der Waals surface area contributed by atoms with Gasteiger partial charge in [0.25, 0.3) is 0 Å². The van der Waals surface area contributed by atoms with E-state index in [1.54, 1.807) is 0 Å². The molecule has 1 unspecified atom stereocenters. The lowest BCUT2D eigenvalue weighted by molar-refractivity contribution is 0.0867. The average Bonchev–Trinajstić information content (AvgIpc) is 2.40. The number of Topliss-reactive ketones (excluding diaryl/α,β-unsaturated/α-hetero) is 1. The number of rotatable bonds is 7. The van der Waals surface area contributed by atoms with E-state index in [0.29, 0.717) is 0 Å². The number of hydrogen-bond donors (Lipinski definition) is 0. The van der Waals surface area contributed by atoms with Gasteiger partial charge in [-0.2, -0.15) is 0 Å². The van der Waals surface area contributed by atoms with Gasteiger partial charge in [-0.25, -0.2) is 0 Å². The standard InChI is InChI=1S/C17H27NO/c1-6-7-8-11-18(5)15(4)17(19)16-10-9-13(2)14(3)12-16/h9-10,12,15H,6-8,11H2,1-5H3. The van der Waals surface area contributed by atoms with Crippen LogP contribution in [-0.4, -0.2) is 30.3 Å². The predicted octanol–water partition coefficient (Wildman–Crippen LogP) is 4.00. The highest BCUT2D eigenvalue weighted by molar-refractivity contribution is 6.00. The van der Waals surface area contributed by atoms with Crippen molar-refractivity contribution in [1.29, 1.82) is 0 Å². The van der Waals surface area contributed by atoms with Crippen LogP contribution in [0.15, 0.2) is 18.2 Å². The molecule has 0 amide bonds. The summed E-state index contributed by atoms with van der Waals surface area (Å²) in [5, 5.41) is 0. The fraction of sp³-hybridized carbons (Fsp3) is 0.588. The van der Waals surface area contributed by atoms with Crippen LogP contribution in [0.1, 0.15) is 54.6 Å². The molecule has 106 valence electrons. The Bertz CT molecular complexity index is 425. The summed E-state index contributed by atoms with van der Waals surface area (Å²) in [7, 11) is 2.04. The Balaban J connectivity index is 2.67. The summed E-state index contributed by atoms with van der Waals surface area (Å²) < 4.78 is 0. The normalized spacial score (nSPS) is 12.7. The van der Waals surface area contributed by atoms with Crippen LogP contribution in [0, 0.1) is 13.8 Å². The second kappa shape index (κ2) is 7.44. The lowest BCUT2D eigenvalue weighted by Crippen LogP contribution is -2.36. The number of carbonyl (C=O) groups excluding carboxylic acids is 1. The lowest BCUT2D eigenvalue weighted by Gasteiger charge is -2.23. The zero-order valence-electron chi connectivity index (χ0n) is 13.0. The summed E-state index contributed by atoms with van der Waals surface area (Å²) in [6.45, 7) is 9.32. The van der Waals surface area contributed by atoms with E-state index in [2.05, 4.69) is 25.7 Å². The zero-order valence-corrected chi connectivity index (χ0v) is 13.0. The second-order valence-electron chi connectivity index (χ2n) is 5.53. The van der Waals surface area contributed by atoms with Crippen LogP contribution in [0.3, 0.4) is 0 Å². The van der Waals surface area contributed by atoms with Gasteiger partial charge in [-0.05, 0) is 58.0 Å². The van der Waals surface area contributed by atoms with E-state index in [1.807, 2.05) is 32.2 Å². The Kier molecular flexibility index (Phi) is 6.23. The molecular formula is C17H27NO. The minimum absolute atomic E-state index is 0.0426. The largest absolute Gasteiger partial charge is 0.297 e. The summed E-state index contributed by atoms with van der Waals surface area (Å²) in [4.78, 5) is 14.6. The Labute approximate surface area is 117 Å². The van der Waals surface area contributed by atoms with Crippen LogP contribution >= 0.6 is 0 Å². The van der Waals surface area contributed by atoms with Crippen LogP contribution in [0.2, 0.25) is 0 Å². The smallest absolute Gasteiger partial charge is 0.179 e. The molecule has 0 heterocycles. The van der Waals surface area contributed by atoms with Gasteiger partial charge >= 0.3 is 0 Å². The molecule has 2 nitrogen and oxygen atoms in total. The molecule has 0 fully saturated rings. The van der Waals surface area contributed by atoms with Gasteiger partial charge in [-0.15, -0.1) is 0 Å². The monoisotopic (exact) mass is 261 g/mol. The molecule has 0 radical (unpaired) electrons. The van der Waals surface area contributed by atoms with Gasteiger partial charge in [0.2, 0.25) is 0 Å². The van der Waals surface area contributed by atoms with Crippen molar-refractivity contribution in [2.75, 3.05) is 13.6 Å². The Morgan fingerprint density at radius 2 is 1.89 bits per heavy atom. The van der Waals surface area contributed by atoms with E-state index < -0.39 is 0 Å². The summed E-state index contributed by atoms with van der Waals surface area (Å²) in [5.41, 5.74) is 3.25. The molecule has 1 rings (SSSR count). The third-order valence-electron chi connectivity index (χ3n) is 3.95. The Morgan fingerprint density at radius 3 is 2.47 bits per heavy atom. The molecule has 1 aromatic carbocycles. The van der Waals surface area contributed by atoms with Gasteiger partial charge in [-0.3, -0.25) is 9.69 Å². The highest BCUT2D eigenvalue weighted by atomic mass is 16.1. The van der Waals surface area contributed by atoms with Crippen molar-refractivity contribution in [3.8, 4) is 0 Å². The van der Waals surface area contributed by atoms with E-state index in [1.165, 1.54) is 24.0 Å². The average molecular weight is 261 g/mol. The number of benzene rings is 1. The van der Waals surface area contributed by atoms with E-state index in [0.717, 1.165) is 18.5 Å². The SMILES string of the molecule is CCCCCN(C)C(C)C(=O)c1ccc(C)c(C)c1. The van der Waals surface area contributed by atoms with Crippen LogP contribution in [0.5, 0.6) is 0 Å². The molecule has 19 heavy (non-hydrogen) atoms. The number of unbranched alkanes of at least 4 members (excludes halogenated alkanes) is 2. The molecule has 0 saturated heterocycles. The molecule has 0 N–H and O–H groups in total. The van der Waals surface area contributed by atoms with Gasteiger partial charge in [-0.1, -0.05) is 31.9 Å². The molecule has 0 bridgehead atoms. The van der Waals surface area contributed by atoms with Crippen molar-refractivity contribution in [3.63, 3.8) is 0 Å². The molecule has 0 aliphatic carbocycles. The molecule has 0 saturated carbocycles. The molecule has 0 aromatic heterocycles. The fourth-order valence-electron chi connectivity index (χ4n) is 2.14. The summed E-state index contributed by atoms with van der Waals surface area (Å²) in [5.74, 6) is 0.224. The van der Waals surface area contributed by atoms with Crippen molar-refractivity contribution in [3.05, 3.63) is 34.9 Å². The molecular weight excluding hydrogens is 234 g/mol. The Hall–Kier alpha value is -1.15. The minimum atomic E-state index is -0.0426. The van der Waals surface area contributed by atoms with Crippen LogP contribution in [0.25, 0.3) is 0 Å². The third-order valence-corrected chi connectivity index (χ3v) is 3.95. The zero-order chi connectivity index (χ0) is 14.4. The maximum Gasteiger partial charge on any atom is 0.179 e. The fourth-order valence-corrected chi connectivity index (χ4v) is 2.14. The first-order valence-electron chi connectivity index (χ1n) is 7.29. The number of aryl methyl sites for hydroxylation is 2. The third kappa shape index (κ3) is 4.46. The molecule has 2 heteroatoms. The van der Waals surface area contributed by atoms with Gasteiger partial charge in [0.05, 0.1) is 6.04 Å². The maximum absolute atomic E-state index is 12.4. The maximum atomic E-state index is 12.4. The molecule has 0 spiro atoms. The van der Waals surface area contributed by atoms with Crippen LogP contribution in [0.4, 0.5) is 0 Å². The lowest BCUT2D eigenvalue weighted by atomic mass is 9.99. The van der Waals surface area contributed by atoms with Crippen LogP contribution < -0.4 is 0 Å². The number of ketones is 1. The summed E-state index contributed by atoms with van der Waals surface area (Å²) in [6.07, 6.45) is 3.61. The molecule has 1 aromatic rings. The van der Waals surface area contributed by atoms with Crippen molar-refractivity contribution in [2.24, 2.45) is 0 Å². The van der Waals surface area contributed by atoms with E-state index in [9.17, 15) is 4.79 Å². The number of carbonyl (C=O) groups is 1. The predicted molar refractivity (Wildman–Crippen MR) is 81.9 cm³/mol. The highest BCUT2D eigenvalue weighted by Gasteiger charge is 2.19. The molecule has 0 aliphatic rings. The van der Waals surface area contributed by atoms with E-state index >= 15 is 0 Å². The second-order valence-corrected chi connectivity index (χ2v) is 5.53. The van der Waals surface area contributed by atoms with Gasteiger partial charge in [0.15, 0.2) is 5.78 Å². The minimum Gasteiger partial charge on any atom is -0.297 e. The van der Waals surface area contributed by atoms with Crippen LogP contribution in [-0.2, 0) is 0 Å². The quantitative estimate of drug-likeness (QED) is 0.546. The first-order valence-corrected chi connectivity index (χ1v) is 7.29. The number of hydrogen-bond acceptors (Lipinski definition) is 2. The first kappa shape index (κ1) is 15.9. The Morgan fingerprint density at radius 1 is 1.21 bits per heavy atom. The van der Waals surface area contributed by atoms with Crippen molar-refractivity contribution in [2.45, 2.75) is 53.0 Å². The van der Waals surface area contributed by atoms with Gasteiger partial charge < -0.3 is 0 Å². The van der Waals surface area contributed by atoms with E-state index in [-0.39, 0.29) is 11.8 Å². The van der Waals surface area contributed by atoms with Crippen molar-refractivity contribution >= 4 is 5.78 Å². The molecule has 0 aliphatic heterocycles. The van der Waals surface area contributed by atoms with Crippen molar-refractivity contribution < 1.29 is 4.79 Å². The summed E-state index contributed by atoms with van der Waals surface area (Å²) in [6, 6.07) is 5.94. The number of nitrogens with zero attached hydrogens (tertiary/aromatic N) is 1. The van der Waals surface area contributed by atoms with Gasteiger partial charge in [0.1, 0.15) is 0 Å². The van der Waals surface area contributed by atoms with Gasteiger partial charge in [0, 0.05) is 5.56 Å². The molecule has 1 atom stereocenters. The first-order chi connectivity index (χ1) is 8.97. The summed E-state index contributed by atoms with van der Waals surface area (Å²) >= 11 is 0. The van der Waals surface area contributed by atoms with Crippen molar-refractivity contribution in [1.82, 2.24) is 4.90 Å².